The minimum Gasteiger partial charge on any atom is -0.361 e. The van der Waals surface area contributed by atoms with Gasteiger partial charge in [-0.15, -0.1) is 11.3 Å². The van der Waals surface area contributed by atoms with Gasteiger partial charge in [0, 0.05) is 40.2 Å². The Morgan fingerprint density at radius 3 is 2.93 bits per heavy atom. The fourth-order valence-electron chi connectivity index (χ4n) is 3.25. The van der Waals surface area contributed by atoms with Crippen molar-refractivity contribution in [3.8, 4) is 11.3 Å². The van der Waals surface area contributed by atoms with E-state index in [0.29, 0.717) is 6.42 Å². The molecule has 0 unspecified atom stereocenters. The Balaban J connectivity index is 1.34. The lowest BCUT2D eigenvalue weighted by Crippen LogP contribution is -2.11. The number of aromatic amines is 1. The van der Waals surface area contributed by atoms with Gasteiger partial charge in [0.15, 0.2) is 0 Å². The smallest absolute Gasteiger partial charge is 0.224 e. The van der Waals surface area contributed by atoms with Crippen LogP contribution < -0.4 is 5.32 Å². The molecule has 0 saturated carbocycles. The molecule has 0 spiro atoms. The van der Waals surface area contributed by atoms with Gasteiger partial charge in [0.05, 0.1) is 10.7 Å². The van der Waals surface area contributed by atoms with Crippen LogP contribution in [-0.4, -0.2) is 15.9 Å². The van der Waals surface area contributed by atoms with Crippen molar-refractivity contribution in [1.29, 1.82) is 0 Å². The Hall–Kier alpha value is -2.92. The molecule has 5 heteroatoms. The second-order valence-corrected chi connectivity index (χ2v) is 7.66. The molecular formula is C22H21N3OS. The molecule has 2 heterocycles. The number of nitrogens with zero attached hydrogens (tertiary/aromatic N) is 1. The van der Waals surface area contributed by atoms with Crippen LogP contribution in [0, 0.1) is 6.92 Å². The van der Waals surface area contributed by atoms with E-state index >= 15 is 0 Å². The third kappa shape index (κ3) is 4.09. The number of hydrogen-bond donors (Lipinski definition) is 2. The van der Waals surface area contributed by atoms with Crippen LogP contribution in [-0.2, 0) is 11.2 Å². The molecule has 2 aromatic heterocycles. The fourth-order valence-corrected chi connectivity index (χ4v) is 3.88. The van der Waals surface area contributed by atoms with Gasteiger partial charge in [-0.25, -0.2) is 4.98 Å². The Morgan fingerprint density at radius 2 is 2.07 bits per heavy atom. The molecule has 4 rings (SSSR count). The zero-order valence-electron chi connectivity index (χ0n) is 15.2. The molecule has 0 bridgehead atoms. The summed E-state index contributed by atoms with van der Waals surface area (Å²) in [5.74, 6) is 0.0430. The first-order valence-corrected chi connectivity index (χ1v) is 9.94. The molecule has 0 atom stereocenters. The first-order chi connectivity index (χ1) is 13.2. The SMILES string of the molecule is Cc1nc(-c2cccc(NC(=O)CCCc3c[nH]c4ccccc34)c2)cs1. The van der Waals surface area contributed by atoms with Crippen molar-refractivity contribution in [3.63, 3.8) is 0 Å². The molecule has 2 aromatic carbocycles. The average molecular weight is 375 g/mol. The van der Waals surface area contributed by atoms with E-state index in [1.54, 1.807) is 11.3 Å². The van der Waals surface area contributed by atoms with Gasteiger partial charge in [0.25, 0.3) is 0 Å². The molecule has 2 N–H and O–H groups in total. The van der Waals surface area contributed by atoms with E-state index in [2.05, 4.69) is 27.4 Å². The van der Waals surface area contributed by atoms with Crippen LogP contribution in [0.3, 0.4) is 0 Å². The number of para-hydroxylation sites is 1. The zero-order chi connectivity index (χ0) is 18.6. The molecule has 1 amide bonds. The maximum Gasteiger partial charge on any atom is 0.224 e. The van der Waals surface area contributed by atoms with Gasteiger partial charge in [-0.3, -0.25) is 4.79 Å². The number of rotatable bonds is 6. The Kier molecular flexibility index (Phi) is 5.03. The number of benzene rings is 2. The molecule has 4 aromatic rings. The number of carbonyl (C=O) groups excluding carboxylic acids is 1. The number of aryl methyl sites for hydroxylation is 2. The summed E-state index contributed by atoms with van der Waals surface area (Å²) in [5, 5.41) is 7.32. The van der Waals surface area contributed by atoms with Crippen LogP contribution in [0.15, 0.2) is 60.1 Å². The summed E-state index contributed by atoms with van der Waals surface area (Å²) >= 11 is 1.63. The Morgan fingerprint density at radius 1 is 1.19 bits per heavy atom. The number of amides is 1. The van der Waals surface area contributed by atoms with Gasteiger partial charge in [-0.2, -0.15) is 0 Å². The number of hydrogen-bond acceptors (Lipinski definition) is 3. The van der Waals surface area contributed by atoms with E-state index in [0.717, 1.165) is 40.3 Å². The van der Waals surface area contributed by atoms with Crippen molar-refractivity contribution in [3.05, 3.63) is 70.7 Å². The number of aromatic nitrogens is 2. The minimum absolute atomic E-state index is 0.0430. The summed E-state index contributed by atoms with van der Waals surface area (Å²) in [5.41, 5.74) is 5.20. The number of anilines is 1. The quantitative estimate of drug-likeness (QED) is 0.463. The van der Waals surface area contributed by atoms with E-state index in [4.69, 9.17) is 0 Å². The van der Waals surface area contributed by atoms with Gasteiger partial charge in [0.2, 0.25) is 5.91 Å². The summed E-state index contributed by atoms with van der Waals surface area (Å²) in [6.45, 7) is 1.99. The summed E-state index contributed by atoms with van der Waals surface area (Å²) < 4.78 is 0. The summed E-state index contributed by atoms with van der Waals surface area (Å²) in [6, 6.07) is 16.1. The molecule has 0 aliphatic carbocycles. The van der Waals surface area contributed by atoms with Crippen LogP contribution in [0.25, 0.3) is 22.2 Å². The summed E-state index contributed by atoms with van der Waals surface area (Å²) in [6.07, 6.45) is 4.25. The average Bonchev–Trinajstić information content (AvgIpc) is 3.29. The van der Waals surface area contributed by atoms with Crippen LogP contribution in [0.4, 0.5) is 5.69 Å². The standard InChI is InChI=1S/C22H21N3OS/c1-15-24-21(14-27-15)16-6-4-8-18(12-16)25-22(26)11-5-7-17-13-23-20-10-3-2-9-19(17)20/h2-4,6,8-10,12-14,23H,5,7,11H2,1H3,(H,25,26). The lowest BCUT2D eigenvalue weighted by Gasteiger charge is -2.07. The van der Waals surface area contributed by atoms with Crippen molar-refractivity contribution >= 4 is 33.8 Å². The highest BCUT2D eigenvalue weighted by atomic mass is 32.1. The van der Waals surface area contributed by atoms with E-state index in [1.165, 1.54) is 10.9 Å². The molecule has 4 nitrogen and oxygen atoms in total. The Labute approximate surface area is 162 Å². The van der Waals surface area contributed by atoms with Crippen molar-refractivity contribution in [2.24, 2.45) is 0 Å². The monoisotopic (exact) mass is 375 g/mol. The van der Waals surface area contributed by atoms with Gasteiger partial charge >= 0.3 is 0 Å². The second kappa shape index (κ2) is 7.76. The molecular weight excluding hydrogens is 354 g/mol. The number of fused-ring (bicyclic) bond motifs is 1. The van der Waals surface area contributed by atoms with Crippen LogP contribution in [0.5, 0.6) is 0 Å². The van der Waals surface area contributed by atoms with E-state index < -0.39 is 0 Å². The molecule has 0 aliphatic rings. The van der Waals surface area contributed by atoms with Crippen molar-refractivity contribution in [1.82, 2.24) is 9.97 Å². The highest BCUT2D eigenvalue weighted by Crippen LogP contribution is 2.24. The third-order valence-corrected chi connectivity index (χ3v) is 5.36. The molecule has 27 heavy (non-hydrogen) atoms. The first kappa shape index (κ1) is 17.5. The van der Waals surface area contributed by atoms with E-state index in [-0.39, 0.29) is 5.91 Å². The normalized spacial score (nSPS) is 11.0. The van der Waals surface area contributed by atoms with Crippen molar-refractivity contribution < 1.29 is 4.79 Å². The largest absolute Gasteiger partial charge is 0.361 e. The summed E-state index contributed by atoms with van der Waals surface area (Å²) in [4.78, 5) is 20.1. The topological polar surface area (TPSA) is 57.8 Å². The van der Waals surface area contributed by atoms with Crippen LogP contribution in [0.2, 0.25) is 0 Å². The maximum absolute atomic E-state index is 12.3. The summed E-state index contributed by atoms with van der Waals surface area (Å²) in [7, 11) is 0. The van der Waals surface area contributed by atoms with Crippen molar-refractivity contribution in [2.75, 3.05) is 5.32 Å². The molecule has 136 valence electrons. The first-order valence-electron chi connectivity index (χ1n) is 9.06. The van der Waals surface area contributed by atoms with E-state index in [9.17, 15) is 4.79 Å². The lowest BCUT2D eigenvalue weighted by molar-refractivity contribution is -0.116. The molecule has 0 aliphatic heterocycles. The van der Waals surface area contributed by atoms with Gasteiger partial charge in [-0.1, -0.05) is 30.3 Å². The number of nitrogens with one attached hydrogen (secondary N) is 2. The Bertz CT molecular complexity index is 1080. The molecule has 0 fully saturated rings. The second-order valence-electron chi connectivity index (χ2n) is 6.59. The predicted octanol–water partition coefficient (Wildman–Crippen LogP) is 5.56. The van der Waals surface area contributed by atoms with E-state index in [1.807, 2.05) is 54.9 Å². The van der Waals surface area contributed by atoms with Gasteiger partial charge in [-0.05, 0) is 43.5 Å². The molecule has 0 radical (unpaired) electrons. The van der Waals surface area contributed by atoms with Crippen LogP contribution >= 0.6 is 11.3 Å². The number of carbonyl (C=O) groups is 1. The maximum atomic E-state index is 12.3. The van der Waals surface area contributed by atoms with Gasteiger partial charge < -0.3 is 10.3 Å². The third-order valence-electron chi connectivity index (χ3n) is 4.59. The molecule has 0 saturated heterocycles. The highest BCUT2D eigenvalue weighted by molar-refractivity contribution is 7.09. The minimum atomic E-state index is 0.0430. The fraction of sp³-hybridized carbons (Fsp3) is 0.182. The zero-order valence-corrected chi connectivity index (χ0v) is 16.0. The lowest BCUT2D eigenvalue weighted by atomic mass is 10.1. The van der Waals surface area contributed by atoms with Gasteiger partial charge in [0.1, 0.15) is 0 Å². The van der Waals surface area contributed by atoms with Crippen molar-refractivity contribution in [2.45, 2.75) is 26.2 Å². The number of thiazole rings is 1. The predicted molar refractivity (Wildman–Crippen MR) is 112 cm³/mol. The highest BCUT2D eigenvalue weighted by Gasteiger charge is 2.08. The van der Waals surface area contributed by atoms with Crippen LogP contribution in [0.1, 0.15) is 23.4 Å². The number of H-pyrrole nitrogens is 1.